The topological polar surface area (TPSA) is 50.1 Å². The molecule has 0 radical (unpaired) electrons. The second-order valence-electron chi connectivity index (χ2n) is 3.97. The van der Waals surface area contributed by atoms with Gasteiger partial charge in [0.1, 0.15) is 35.2 Å². The Morgan fingerprint density at radius 3 is 2.68 bits per heavy atom. The second-order valence-corrected chi connectivity index (χ2v) is 3.97. The van der Waals surface area contributed by atoms with Crippen LogP contribution in [0.1, 0.15) is 21.5 Å². The number of halogens is 1. The number of ether oxygens (including phenoxy) is 1. The van der Waals surface area contributed by atoms with Gasteiger partial charge in [0.25, 0.3) is 0 Å². The molecular formula is C15H10FNO2. The van der Waals surface area contributed by atoms with E-state index in [0.717, 1.165) is 11.8 Å². The summed E-state index contributed by atoms with van der Waals surface area (Å²) in [5.74, 6) is 0.0133. The number of carbonyl (C=O) groups excluding carboxylic acids is 1. The Morgan fingerprint density at radius 1 is 1.26 bits per heavy atom. The fourth-order valence-electron chi connectivity index (χ4n) is 1.68. The van der Waals surface area contributed by atoms with Crippen LogP contribution in [0.4, 0.5) is 4.39 Å². The summed E-state index contributed by atoms with van der Waals surface area (Å²) in [5, 5.41) is 8.91. The highest BCUT2D eigenvalue weighted by Crippen LogP contribution is 2.29. The smallest absolute Gasteiger partial charge is 0.150 e. The molecule has 2 aromatic rings. The summed E-state index contributed by atoms with van der Waals surface area (Å²) in [7, 11) is 0. The van der Waals surface area contributed by atoms with E-state index in [1.54, 1.807) is 31.2 Å². The zero-order valence-electron chi connectivity index (χ0n) is 10.2. The number of aldehydes is 1. The van der Waals surface area contributed by atoms with Gasteiger partial charge in [-0.1, -0.05) is 6.07 Å². The average molecular weight is 255 g/mol. The molecule has 0 saturated carbocycles. The zero-order chi connectivity index (χ0) is 13.8. The summed E-state index contributed by atoms with van der Waals surface area (Å²) in [4.78, 5) is 10.6. The van der Waals surface area contributed by atoms with Crippen molar-refractivity contribution in [2.24, 2.45) is 0 Å². The SMILES string of the molecule is Cc1cc(C=O)ccc1Oc1cccc(F)c1C#N. The van der Waals surface area contributed by atoms with Gasteiger partial charge in [-0.3, -0.25) is 4.79 Å². The number of rotatable bonds is 3. The molecule has 0 aliphatic carbocycles. The molecule has 0 heterocycles. The van der Waals surface area contributed by atoms with Crippen LogP contribution in [0.15, 0.2) is 36.4 Å². The quantitative estimate of drug-likeness (QED) is 0.787. The summed E-state index contributed by atoms with van der Waals surface area (Å²) >= 11 is 0. The first-order valence-electron chi connectivity index (χ1n) is 5.58. The molecule has 0 aliphatic heterocycles. The van der Waals surface area contributed by atoms with Gasteiger partial charge in [0.15, 0.2) is 0 Å². The van der Waals surface area contributed by atoms with Crippen LogP contribution in [0.2, 0.25) is 0 Å². The Bertz CT molecular complexity index is 674. The van der Waals surface area contributed by atoms with E-state index in [-0.39, 0.29) is 11.3 Å². The van der Waals surface area contributed by atoms with E-state index in [1.807, 2.05) is 0 Å². The lowest BCUT2D eigenvalue weighted by atomic mass is 10.1. The molecule has 2 rings (SSSR count). The monoisotopic (exact) mass is 255 g/mol. The van der Waals surface area contributed by atoms with Gasteiger partial charge in [-0.2, -0.15) is 5.26 Å². The largest absolute Gasteiger partial charge is 0.456 e. The van der Waals surface area contributed by atoms with Crippen molar-refractivity contribution >= 4 is 6.29 Å². The van der Waals surface area contributed by atoms with Gasteiger partial charge in [-0.25, -0.2) is 4.39 Å². The minimum Gasteiger partial charge on any atom is -0.456 e. The third kappa shape index (κ3) is 2.61. The first-order valence-corrected chi connectivity index (χ1v) is 5.58. The van der Waals surface area contributed by atoms with E-state index >= 15 is 0 Å². The van der Waals surface area contributed by atoms with Crippen LogP contribution in [-0.2, 0) is 0 Å². The third-order valence-corrected chi connectivity index (χ3v) is 2.64. The third-order valence-electron chi connectivity index (χ3n) is 2.64. The van der Waals surface area contributed by atoms with Crippen LogP contribution in [0.25, 0.3) is 0 Å². The molecule has 2 aromatic carbocycles. The van der Waals surface area contributed by atoms with Crippen LogP contribution in [0.3, 0.4) is 0 Å². The maximum atomic E-state index is 13.4. The lowest BCUT2D eigenvalue weighted by Gasteiger charge is -2.10. The lowest BCUT2D eigenvalue weighted by molar-refractivity contribution is 0.112. The van der Waals surface area contributed by atoms with Crippen molar-refractivity contribution in [2.45, 2.75) is 6.92 Å². The Kier molecular flexibility index (Phi) is 3.58. The molecular weight excluding hydrogens is 245 g/mol. The summed E-state index contributed by atoms with van der Waals surface area (Å²) in [5.41, 5.74) is 1.13. The van der Waals surface area contributed by atoms with E-state index in [9.17, 15) is 9.18 Å². The van der Waals surface area contributed by atoms with Crippen LogP contribution in [0, 0.1) is 24.1 Å². The van der Waals surface area contributed by atoms with Crippen molar-refractivity contribution in [2.75, 3.05) is 0 Å². The van der Waals surface area contributed by atoms with Crippen LogP contribution < -0.4 is 4.74 Å². The average Bonchev–Trinajstić information content (AvgIpc) is 2.41. The molecule has 0 bridgehead atoms. The fourth-order valence-corrected chi connectivity index (χ4v) is 1.68. The van der Waals surface area contributed by atoms with Crippen molar-refractivity contribution in [3.05, 3.63) is 58.9 Å². The van der Waals surface area contributed by atoms with Crippen molar-refractivity contribution in [1.82, 2.24) is 0 Å². The minimum absolute atomic E-state index is 0.138. The highest BCUT2D eigenvalue weighted by molar-refractivity contribution is 5.75. The van der Waals surface area contributed by atoms with Gasteiger partial charge in [0.05, 0.1) is 0 Å². The predicted molar refractivity (Wildman–Crippen MR) is 67.8 cm³/mol. The Morgan fingerprint density at radius 2 is 2.05 bits per heavy atom. The van der Waals surface area contributed by atoms with E-state index in [2.05, 4.69) is 0 Å². The van der Waals surface area contributed by atoms with Gasteiger partial charge in [0.2, 0.25) is 0 Å². The normalized spacial score (nSPS) is 9.74. The zero-order valence-corrected chi connectivity index (χ0v) is 10.2. The molecule has 0 unspecified atom stereocenters. The first kappa shape index (κ1) is 12.8. The molecule has 0 N–H and O–H groups in total. The van der Waals surface area contributed by atoms with Crippen molar-refractivity contribution in [1.29, 1.82) is 5.26 Å². The van der Waals surface area contributed by atoms with Crippen LogP contribution >= 0.6 is 0 Å². The van der Waals surface area contributed by atoms with Crippen molar-refractivity contribution in [3.63, 3.8) is 0 Å². The maximum absolute atomic E-state index is 13.4. The molecule has 0 spiro atoms. The molecule has 0 aromatic heterocycles. The Hall–Kier alpha value is -2.67. The van der Waals surface area contributed by atoms with Crippen molar-refractivity contribution in [3.8, 4) is 17.6 Å². The van der Waals surface area contributed by atoms with Crippen LogP contribution in [0.5, 0.6) is 11.5 Å². The molecule has 94 valence electrons. The Labute approximate surface area is 109 Å². The minimum atomic E-state index is -0.623. The first-order chi connectivity index (χ1) is 9.15. The number of aryl methyl sites for hydroxylation is 1. The van der Waals surface area contributed by atoms with Crippen LogP contribution in [-0.4, -0.2) is 6.29 Å². The molecule has 0 saturated heterocycles. The number of hydrogen-bond donors (Lipinski definition) is 0. The van der Waals surface area contributed by atoms with Gasteiger partial charge in [0, 0.05) is 5.56 Å². The number of hydrogen-bond acceptors (Lipinski definition) is 3. The highest BCUT2D eigenvalue weighted by Gasteiger charge is 2.11. The van der Waals surface area contributed by atoms with Gasteiger partial charge >= 0.3 is 0 Å². The lowest BCUT2D eigenvalue weighted by Crippen LogP contribution is -1.94. The molecule has 0 atom stereocenters. The molecule has 19 heavy (non-hydrogen) atoms. The van der Waals surface area contributed by atoms with Gasteiger partial charge < -0.3 is 4.74 Å². The number of carbonyl (C=O) groups is 1. The predicted octanol–water partition coefficient (Wildman–Crippen LogP) is 3.61. The summed E-state index contributed by atoms with van der Waals surface area (Å²) in [6.45, 7) is 1.77. The number of nitrogens with zero attached hydrogens (tertiary/aromatic N) is 1. The molecule has 0 amide bonds. The van der Waals surface area contributed by atoms with Gasteiger partial charge in [-0.05, 0) is 42.8 Å². The second kappa shape index (κ2) is 5.32. The highest BCUT2D eigenvalue weighted by atomic mass is 19.1. The number of nitriles is 1. The maximum Gasteiger partial charge on any atom is 0.150 e. The molecule has 0 fully saturated rings. The molecule has 4 heteroatoms. The standard InChI is InChI=1S/C15H10FNO2/c1-10-7-11(9-18)5-6-14(10)19-15-4-2-3-13(16)12(15)8-17/h2-7,9H,1H3. The molecule has 0 aliphatic rings. The molecule has 3 nitrogen and oxygen atoms in total. The fraction of sp³-hybridized carbons (Fsp3) is 0.0667. The summed E-state index contributed by atoms with van der Waals surface area (Å²) in [6.07, 6.45) is 0.736. The van der Waals surface area contributed by atoms with Crippen molar-refractivity contribution < 1.29 is 13.9 Å². The summed E-state index contributed by atoms with van der Waals surface area (Å²) in [6, 6.07) is 10.8. The van der Waals surface area contributed by atoms with Gasteiger partial charge in [-0.15, -0.1) is 0 Å². The Balaban J connectivity index is 2.40. The van der Waals surface area contributed by atoms with E-state index < -0.39 is 5.82 Å². The van der Waals surface area contributed by atoms with E-state index in [0.29, 0.717) is 11.3 Å². The number of benzene rings is 2. The van der Waals surface area contributed by atoms with E-state index in [4.69, 9.17) is 10.00 Å². The summed E-state index contributed by atoms with van der Waals surface area (Å²) < 4.78 is 19.0. The van der Waals surface area contributed by atoms with E-state index in [1.165, 1.54) is 18.2 Å².